The minimum atomic E-state index is -1.51. The molecule has 11 nitrogen and oxygen atoms in total. The van der Waals surface area contributed by atoms with Crippen LogP contribution in [0.15, 0.2) is 60.7 Å². The van der Waals surface area contributed by atoms with Gasteiger partial charge in [0.2, 0.25) is 17.7 Å². The summed E-state index contributed by atoms with van der Waals surface area (Å²) in [5.41, 5.74) is -1.48. The smallest absolute Gasteiger partial charge is 0.408 e. The molecule has 0 saturated heterocycles. The fourth-order valence-corrected chi connectivity index (χ4v) is 5.19. The van der Waals surface area contributed by atoms with Gasteiger partial charge in [-0.15, -0.1) is 0 Å². The lowest BCUT2D eigenvalue weighted by Crippen LogP contribution is -2.64. The van der Waals surface area contributed by atoms with E-state index in [0.717, 1.165) is 11.1 Å². The second kappa shape index (κ2) is 17.4. The zero-order chi connectivity index (χ0) is 36.3. The monoisotopic (exact) mass is 684 g/mol. The number of esters is 1. The van der Waals surface area contributed by atoms with Crippen molar-refractivity contribution in [3.63, 3.8) is 0 Å². The van der Waals surface area contributed by atoms with Crippen LogP contribution in [0.25, 0.3) is 0 Å². The number of hydrogen-bond acceptors (Lipinski definition) is 8. The quantitative estimate of drug-likeness (QED) is 0.172. The van der Waals surface area contributed by atoms with Crippen molar-refractivity contribution in [1.29, 1.82) is 0 Å². The molecule has 0 unspecified atom stereocenters. The minimum absolute atomic E-state index is 0.0569. The Labute approximate surface area is 290 Å². The van der Waals surface area contributed by atoms with Crippen molar-refractivity contribution in [3.8, 4) is 0 Å². The lowest BCUT2D eigenvalue weighted by atomic mass is 9.99. The maximum absolute atomic E-state index is 14.0. The third kappa shape index (κ3) is 13.2. The van der Waals surface area contributed by atoms with Crippen molar-refractivity contribution in [2.45, 2.75) is 110 Å². The number of nitrogens with one attached hydrogen (secondary N) is 3. The summed E-state index contributed by atoms with van der Waals surface area (Å²) in [4.78, 5) is 68.6. The zero-order valence-corrected chi connectivity index (χ0v) is 30.5. The van der Waals surface area contributed by atoms with E-state index in [1.165, 1.54) is 18.7 Å². The number of ether oxygens (including phenoxy) is 2. The van der Waals surface area contributed by atoms with E-state index in [1.807, 2.05) is 60.7 Å². The molecule has 0 spiro atoms. The molecule has 2 rings (SSSR count). The van der Waals surface area contributed by atoms with Crippen molar-refractivity contribution >= 4 is 42.4 Å². The Balaban J connectivity index is 2.29. The van der Waals surface area contributed by atoms with E-state index < -0.39 is 64.7 Å². The van der Waals surface area contributed by atoms with Gasteiger partial charge in [0.1, 0.15) is 34.9 Å². The average Bonchev–Trinajstić information content (AvgIpc) is 2.97. The molecule has 4 amide bonds. The number of carbonyl (C=O) groups is 5. The summed E-state index contributed by atoms with van der Waals surface area (Å²) in [7, 11) is 0. The van der Waals surface area contributed by atoms with Crippen LogP contribution in [-0.2, 0) is 41.5 Å². The highest BCUT2D eigenvalue weighted by Gasteiger charge is 2.40. The molecule has 48 heavy (non-hydrogen) atoms. The number of amides is 4. The highest BCUT2D eigenvalue weighted by molar-refractivity contribution is 7.80. The van der Waals surface area contributed by atoms with E-state index >= 15 is 0 Å². The summed E-state index contributed by atoms with van der Waals surface area (Å²) >= 11 is 4.39. The van der Waals surface area contributed by atoms with E-state index in [1.54, 1.807) is 48.5 Å². The predicted molar refractivity (Wildman–Crippen MR) is 188 cm³/mol. The van der Waals surface area contributed by atoms with Crippen LogP contribution in [0.4, 0.5) is 4.79 Å². The molecule has 0 fully saturated rings. The second-order valence-corrected chi connectivity index (χ2v) is 14.4. The van der Waals surface area contributed by atoms with E-state index in [0.29, 0.717) is 0 Å². The van der Waals surface area contributed by atoms with Crippen molar-refractivity contribution in [2.75, 3.05) is 12.3 Å². The molecule has 0 bridgehead atoms. The van der Waals surface area contributed by atoms with E-state index in [2.05, 4.69) is 28.6 Å². The van der Waals surface area contributed by atoms with Crippen LogP contribution < -0.4 is 16.0 Å². The van der Waals surface area contributed by atoms with E-state index in [-0.39, 0.29) is 25.1 Å². The topological polar surface area (TPSA) is 143 Å². The van der Waals surface area contributed by atoms with Crippen molar-refractivity contribution in [1.82, 2.24) is 20.9 Å². The summed E-state index contributed by atoms with van der Waals surface area (Å²) in [5.74, 6) is -2.43. The Kier molecular flexibility index (Phi) is 14.5. The molecular formula is C36H52N4O7S. The summed E-state index contributed by atoms with van der Waals surface area (Å²) in [6.07, 6.45) is -0.460. The summed E-state index contributed by atoms with van der Waals surface area (Å²) in [5, 5.41) is 8.17. The predicted octanol–water partition coefficient (Wildman–Crippen LogP) is 4.23. The highest BCUT2D eigenvalue weighted by Crippen LogP contribution is 2.17. The standard InChI is InChI=1S/C36H52N4O7S/c1-10-40(28(23-48)30(42)37-27(31(43)46-34(2,3)4)22-25-19-15-12-16-20-25)32(44)36(8,9)39-29(41)26(21-24-17-13-11-14-18-24)38-33(45)47-35(5,6)7/h11-20,26-28,48H,10,21-23H2,1-9H3,(H,37,42)(H,38,45)(H,39,41)/t26-,27-,28-/m0/s1. The number of benzene rings is 2. The summed E-state index contributed by atoms with van der Waals surface area (Å²) in [6.45, 7) is 15.2. The summed E-state index contributed by atoms with van der Waals surface area (Å²) < 4.78 is 11.0. The van der Waals surface area contributed by atoms with Crippen LogP contribution >= 0.6 is 12.6 Å². The Hall–Kier alpha value is -4.06. The zero-order valence-electron chi connectivity index (χ0n) is 29.6. The molecule has 0 heterocycles. The number of likely N-dealkylation sites (N-methyl/N-ethyl adjacent to an activating group) is 1. The first-order valence-electron chi connectivity index (χ1n) is 16.1. The van der Waals surface area contributed by atoms with Crippen LogP contribution in [0.1, 0.15) is 73.4 Å². The number of hydrogen-bond donors (Lipinski definition) is 4. The van der Waals surface area contributed by atoms with E-state index in [4.69, 9.17) is 9.47 Å². The molecule has 0 aliphatic heterocycles. The Morgan fingerprint density at radius 2 is 1.19 bits per heavy atom. The third-order valence-electron chi connectivity index (χ3n) is 7.00. The van der Waals surface area contributed by atoms with Gasteiger partial charge in [-0.2, -0.15) is 12.6 Å². The molecule has 264 valence electrons. The lowest BCUT2D eigenvalue weighted by molar-refractivity contribution is -0.159. The molecule has 0 aliphatic carbocycles. The van der Waals surface area contributed by atoms with Crippen LogP contribution in [0.5, 0.6) is 0 Å². The van der Waals surface area contributed by atoms with Gasteiger partial charge < -0.3 is 30.3 Å². The van der Waals surface area contributed by atoms with Crippen LogP contribution in [0.3, 0.4) is 0 Å². The molecule has 0 saturated carbocycles. The van der Waals surface area contributed by atoms with Gasteiger partial charge >= 0.3 is 12.1 Å². The third-order valence-corrected chi connectivity index (χ3v) is 7.35. The number of nitrogens with zero attached hydrogens (tertiary/aromatic N) is 1. The number of alkyl carbamates (subject to hydrolysis) is 1. The fraction of sp³-hybridized carbons (Fsp3) is 0.528. The fourth-order valence-electron chi connectivity index (χ4n) is 4.83. The number of rotatable bonds is 14. The van der Waals surface area contributed by atoms with Crippen molar-refractivity contribution < 1.29 is 33.4 Å². The maximum atomic E-state index is 14.0. The second-order valence-electron chi connectivity index (χ2n) is 14.1. The summed E-state index contributed by atoms with van der Waals surface area (Å²) in [6, 6.07) is 15.2. The van der Waals surface area contributed by atoms with Crippen LogP contribution in [0, 0.1) is 0 Å². The molecule has 3 N–H and O–H groups in total. The van der Waals surface area contributed by atoms with Gasteiger partial charge in [0, 0.05) is 25.1 Å². The number of carbonyl (C=O) groups excluding carboxylic acids is 5. The van der Waals surface area contributed by atoms with E-state index in [9.17, 15) is 24.0 Å². The molecule has 3 atom stereocenters. The van der Waals surface area contributed by atoms with Gasteiger partial charge in [-0.1, -0.05) is 60.7 Å². The average molecular weight is 685 g/mol. The van der Waals surface area contributed by atoms with Gasteiger partial charge in [-0.05, 0) is 73.4 Å². The molecule has 0 aromatic heterocycles. The highest BCUT2D eigenvalue weighted by atomic mass is 32.1. The molecule has 2 aromatic rings. The molecule has 12 heteroatoms. The normalized spacial score (nSPS) is 13.7. The van der Waals surface area contributed by atoms with Crippen LogP contribution in [0.2, 0.25) is 0 Å². The Bertz CT molecular complexity index is 1390. The van der Waals surface area contributed by atoms with Crippen molar-refractivity contribution in [3.05, 3.63) is 71.8 Å². The first-order valence-corrected chi connectivity index (χ1v) is 16.7. The largest absolute Gasteiger partial charge is 0.458 e. The van der Waals surface area contributed by atoms with Gasteiger partial charge in [-0.3, -0.25) is 14.4 Å². The first-order chi connectivity index (χ1) is 22.3. The molecule has 0 aliphatic rings. The first kappa shape index (κ1) is 40.1. The van der Waals surface area contributed by atoms with Gasteiger partial charge in [0.25, 0.3) is 0 Å². The van der Waals surface area contributed by atoms with Crippen LogP contribution in [-0.4, -0.2) is 81.8 Å². The SMILES string of the molecule is CCN(C(=O)C(C)(C)NC(=O)[C@H](Cc1ccccc1)NC(=O)OC(C)(C)C)[C@@H](CS)C(=O)N[C@@H](Cc1ccccc1)C(=O)OC(C)(C)C. The molecular weight excluding hydrogens is 632 g/mol. The molecule has 2 aromatic carbocycles. The Morgan fingerprint density at radius 1 is 0.708 bits per heavy atom. The minimum Gasteiger partial charge on any atom is -0.458 e. The maximum Gasteiger partial charge on any atom is 0.408 e. The van der Waals surface area contributed by atoms with Gasteiger partial charge in [0.15, 0.2) is 0 Å². The van der Waals surface area contributed by atoms with Gasteiger partial charge in [-0.25, -0.2) is 9.59 Å². The van der Waals surface area contributed by atoms with Gasteiger partial charge in [0.05, 0.1) is 0 Å². The molecule has 0 radical (unpaired) electrons. The Morgan fingerprint density at radius 3 is 1.62 bits per heavy atom. The lowest BCUT2D eigenvalue weighted by Gasteiger charge is -2.37. The number of thiol groups is 1. The van der Waals surface area contributed by atoms with Crippen molar-refractivity contribution in [2.24, 2.45) is 0 Å².